The smallest absolute Gasteiger partial charge is 0.329 e. The minimum absolute atomic E-state index is 0.0249. The second-order valence-corrected chi connectivity index (χ2v) is 16.8. The van der Waals surface area contributed by atoms with E-state index in [9.17, 15) is 53.4 Å². The number of benzene rings is 1. The molecular formula is C42H59N5O12. The normalized spacial score (nSPS) is 28.5. The quantitative estimate of drug-likeness (QED) is 0.197. The number of amides is 5. The lowest BCUT2D eigenvalue weighted by atomic mass is 9.86. The minimum atomic E-state index is -1.78. The van der Waals surface area contributed by atoms with E-state index in [-0.39, 0.29) is 31.1 Å². The molecule has 3 fully saturated rings. The third-order valence-corrected chi connectivity index (χ3v) is 11.5. The molecule has 17 nitrogen and oxygen atoms in total. The zero-order valence-electron chi connectivity index (χ0n) is 34.8. The molecule has 2 saturated heterocycles. The van der Waals surface area contributed by atoms with Gasteiger partial charge in [0.2, 0.25) is 29.5 Å². The number of cyclic esters (lactones) is 1. The first kappa shape index (κ1) is 46.5. The van der Waals surface area contributed by atoms with Crippen molar-refractivity contribution in [1.82, 2.24) is 25.8 Å². The number of fused-ring (bicyclic) bond motifs is 2. The molecule has 3 aliphatic rings. The molecule has 1 aromatic rings. The highest BCUT2D eigenvalue weighted by Gasteiger charge is 2.47. The van der Waals surface area contributed by atoms with Crippen LogP contribution in [0.25, 0.3) is 0 Å². The van der Waals surface area contributed by atoms with Crippen LogP contribution in [0.1, 0.15) is 92.1 Å². The Labute approximate surface area is 344 Å². The maximum atomic E-state index is 14.4. The van der Waals surface area contributed by atoms with Crippen molar-refractivity contribution in [3.8, 4) is 0 Å². The number of aliphatic hydroxyl groups is 1. The van der Waals surface area contributed by atoms with Gasteiger partial charge in [0.1, 0.15) is 30.5 Å². The fourth-order valence-electron chi connectivity index (χ4n) is 7.56. The number of nitrogens with zero attached hydrogens (tertiary/aromatic N) is 2. The number of ketones is 2. The highest BCUT2D eigenvalue weighted by molar-refractivity contribution is 5.99. The number of aliphatic hydroxyl groups excluding tert-OH is 1. The maximum Gasteiger partial charge on any atom is 0.329 e. The Kier molecular flexibility index (Phi) is 15.9. The van der Waals surface area contributed by atoms with Gasteiger partial charge in [-0.25, -0.2) is 4.79 Å². The summed E-state index contributed by atoms with van der Waals surface area (Å²) in [4.78, 5) is 125. The predicted molar refractivity (Wildman–Crippen MR) is 210 cm³/mol. The molecule has 2 heterocycles. The second kappa shape index (κ2) is 20.2. The average molecular weight is 826 g/mol. The van der Waals surface area contributed by atoms with Crippen LogP contribution in [0.15, 0.2) is 30.3 Å². The van der Waals surface area contributed by atoms with E-state index in [0.717, 1.165) is 9.80 Å². The number of likely N-dealkylation sites (N-methyl/N-ethyl adjacent to an activating group) is 1. The summed E-state index contributed by atoms with van der Waals surface area (Å²) in [7, 11) is 1.27. The molecule has 5 amide bonds. The van der Waals surface area contributed by atoms with E-state index < -0.39 is 133 Å². The van der Waals surface area contributed by atoms with Crippen LogP contribution in [-0.4, -0.2) is 123 Å². The number of Topliss-reactive ketones (excluding diaryl/α,β-unsaturated/α-hetero) is 2. The maximum absolute atomic E-state index is 14.4. The Morgan fingerprint density at radius 3 is 2.08 bits per heavy atom. The molecular weight excluding hydrogens is 766 g/mol. The van der Waals surface area contributed by atoms with E-state index in [1.807, 2.05) is 0 Å². The van der Waals surface area contributed by atoms with Crippen molar-refractivity contribution < 1.29 is 58.1 Å². The summed E-state index contributed by atoms with van der Waals surface area (Å²) in [5, 5.41) is 29.1. The van der Waals surface area contributed by atoms with E-state index in [4.69, 9.17) is 4.74 Å². The van der Waals surface area contributed by atoms with Gasteiger partial charge in [-0.15, -0.1) is 0 Å². The van der Waals surface area contributed by atoms with Crippen molar-refractivity contribution >= 4 is 53.0 Å². The lowest BCUT2D eigenvalue weighted by molar-refractivity contribution is -0.170. The first-order chi connectivity index (χ1) is 27.7. The van der Waals surface area contributed by atoms with Crippen LogP contribution in [-0.2, 0) is 54.3 Å². The molecule has 59 heavy (non-hydrogen) atoms. The van der Waals surface area contributed by atoms with E-state index in [0.29, 0.717) is 18.4 Å². The molecule has 9 atom stereocenters. The van der Waals surface area contributed by atoms with E-state index in [1.165, 1.54) is 20.9 Å². The Morgan fingerprint density at radius 1 is 0.864 bits per heavy atom. The van der Waals surface area contributed by atoms with Gasteiger partial charge >= 0.3 is 11.9 Å². The number of carbonyl (C=O) groups excluding carboxylic acids is 8. The van der Waals surface area contributed by atoms with Crippen molar-refractivity contribution in [3.05, 3.63) is 35.9 Å². The molecule has 1 aromatic carbocycles. The highest BCUT2D eigenvalue weighted by Crippen LogP contribution is 2.36. The number of hydrogen-bond donors (Lipinski definition) is 5. The number of esters is 1. The number of carboxylic acid groups (broad SMARTS) is 1. The van der Waals surface area contributed by atoms with Gasteiger partial charge in [0, 0.05) is 38.1 Å². The van der Waals surface area contributed by atoms with Crippen LogP contribution >= 0.6 is 0 Å². The van der Waals surface area contributed by atoms with Gasteiger partial charge in [0.25, 0.3) is 0 Å². The zero-order chi connectivity index (χ0) is 43.9. The van der Waals surface area contributed by atoms with Gasteiger partial charge in [-0.05, 0) is 56.9 Å². The van der Waals surface area contributed by atoms with Gasteiger partial charge < -0.3 is 40.7 Å². The van der Waals surface area contributed by atoms with Gasteiger partial charge in [0.15, 0.2) is 11.6 Å². The summed E-state index contributed by atoms with van der Waals surface area (Å²) in [6, 6.07) is 2.00. The molecule has 324 valence electrons. The largest absolute Gasteiger partial charge is 0.481 e. The first-order valence-corrected chi connectivity index (χ1v) is 20.4. The highest BCUT2D eigenvalue weighted by atomic mass is 16.5. The second-order valence-electron chi connectivity index (χ2n) is 16.8. The van der Waals surface area contributed by atoms with Crippen molar-refractivity contribution in [2.45, 2.75) is 135 Å². The minimum Gasteiger partial charge on any atom is -0.481 e. The van der Waals surface area contributed by atoms with Crippen molar-refractivity contribution in [2.75, 3.05) is 7.05 Å². The van der Waals surface area contributed by atoms with Crippen LogP contribution in [0.2, 0.25) is 0 Å². The summed E-state index contributed by atoms with van der Waals surface area (Å²) >= 11 is 0. The van der Waals surface area contributed by atoms with Gasteiger partial charge in [-0.1, -0.05) is 58.0 Å². The number of carbonyl (C=O) groups is 9. The molecule has 0 spiro atoms. The lowest BCUT2D eigenvalue weighted by Gasteiger charge is -2.42. The summed E-state index contributed by atoms with van der Waals surface area (Å²) in [6.07, 6.45) is -3.71. The summed E-state index contributed by atoms with van der Waals surface area (Å²) in [5.74, 6) is -11.0. The fourth-order valence-corrected chi connectivity index (χ4v) is 7.56. The molecule has 0 radical (unpaired) electrons. The summed E-state index contributed by atoms with van der Waals surface area (Å²) in [6.45, 7) is 9.46. The van der Waals surface area contributed by atoms with Crippen LogP contribution in [0.4, 0.5) is 0 Å². The zero-order valence-corrected chi connectivity index (χ0v) is 34.8. The number of piperidine rings is 1. The van der Waals surface area contributed by atoms with Crippen LogP contribution in [0.3, 0.4) is 0 Å². The lowest BCUT2D eigenvalue weighted by Crippen LogP contribution is -2.62. The molecule has 2 bridgehead atoms. The Morgan fingerprint density at radius 2 is 1.51 bits per heavy atom. The third kappa shape index (κ3) is 12.0. The van der Waals surface area contributed by atoms with E-state index in [1.54, 1.807) is 58.0 Å². The summed E-state index contributed by atoms with van der Waals surface area (Å²) < 4.78 is 5.84. The number of nitrogens with one attached hydrogen (secondary N) is 3. The Bertz CT molecular complexity index is 1760. The Hall–Kier alpha value is -5.19. The fraction of sp³-hybridized carbons (Fsp3) is 0.643. The molecule has 2 aliphatic heterocycles. The van der Waals surface area contributed by atoms with Gasteiger partial charge in [0.05, 0.1) is 24.4 Å². The van der Waals surface area contributed by atoms with Crippen molar-refractivity contribution in [3.63, 3.8) is 0 Å². The summed E-state index contributed by atoms with van der Waals surface area (Å²) in [5.41, 5.74) is 0.605. The van der Waals surface area contributed by atoms with E-state index >= 15 is 0 Å². The van der Waals surface area contributed by atoms with Crippen molar-refractivity contribution in [1.29, 1.82) is 0 Å². The molecule has 4 rings (SSSR count). The van der Waals surface area contributed by atoms with Crippen LogP contribution < -0.4 is 16.0 Å². The van der Waals surface area contributed by atoms with Gasteiger partial charge in [-0.2, -0.15) is 0 Å². The molecule has 0 aromatic heterocycles. The standard InChI is InChI=1S/C42H59N5O12/c1-21(2)35-42(58)59-24(6)28(19-31(48)23(5)43-37(53)22(3)4)38(54)45-36(26-13-14-26)32(49)18-27-15-16-33(50)47(40(27)56)30(20-34(51)52)41(57)46(7)29(39(55)44-35)17-25-11-9-8-10-12-25/h8-12,21-24,26-30,33,35-36,50H,13-20H2,1-7H3,(H,43,53)(H,44,55)(H,45,54)(H,51,52)/t23-,24+,27+,28-,29-,30-,33+,35-,36-/m0/s1. The van der Waals surface area contributed by atoms with Crippen molar-refractivity contribution in [2.24, 2.45) is 29.6 Å². The average Bonchev–Trinajstić information content (AvgIpc) is 4.02. The molecule has 0 unspecified atom stereocenters. The topological polar surface area (TPSA) is 246 Å². The number of aliphatic carboxylic acids is 1. The molecule has 5 N–H and O–H groups in total. The monoisotopic (exact) mass is 825 g/mol. The number of carboxylic acids is 1. The SMILES string of the molecule is CC(C)C(=O)N[C@@H](C)C(=O)C[C@@H]1C(=O)N[C@@H](C2CC2)C(=O)C[C@H]2CC[C@@H](O)N(C2=O)[C@@H](CC(=O)O)C(=O)N(C)[C@@H](Cc2ccccc2)C(=O)N[C@@H](C(C)C)C(=O)O[C@@H]1C. The number of rotatable bonds is 11. The van der Waals surface area contributed by atoms with Crippen LogP contribution in [0, 0.1) is 29.6 Å². The van der Waals surface area contributed by atoms with E-state index in [2.05, 4.69) is 16.0 Å². The molecule has 1 saturated carbocycles. The molecule has 17 heteroatoms. The Balaban J connectivity index is 1.81. The third-order valence-electron chi connectivity index (χ3n) is 11.5. The van der Waals surface area contributed by atoms with Gasteiger partial charge in [-0.3, -0.25) is 38.4 Å². The van der Waals surface area contributed by atoms with Crippen LogP contribution in [0.5, 0.6) is 0 Å². The predicted octanol–water partition coefficient (Wildman–Crippen LogP) is 1.13. The first-order valence-electron chi connectivity index (χ1n) is 20.4. The number of hydrogen-bond acceptors (Lipinski definition) is 11. The molecule has 1 aliphatic carbocycles. The number of ether oxygens (including phenoxy) is 1.